The summed E-state index contributed by atoms with van der Waals surface area (Å²) in [5, 5.41) is 11.7. The summed E-state index contributed by atoms with van der Waals surface area (Å²) in [6.45, 7) is 0. The number of alkyl halides is 1. The first-order valence-electron chi connectivity index (χ1n) is 7.47. The summed E-state index contributed by atoms with van der Waals surface area (Å²) < 4.78 is 4.75. The first-order chi connectivity index (χ1) is 12.0. The lowest BCUT2D eigenvalue weighted by atomic mass is 9.87. The third-order valence-corrected chi connectivity index (χ3v) is 4.79. The van der Waals surface area contributed by atoms with Gasteiger partial charge >= 0.3 is 5.97 Å². The van der Waals surface area contributed by atoms with E-state index >= 15 is 0 Å². The number of nitrogens with zero attached hydrogens (tertiary/aromatic N) is 1. The zero-order valence-corrected chi connectivity index (χ0v) is 15.0. The van der Waals surface area contributed by atoms with E-state index in [2.05, 4.69) is 15.9 Å². The van der Waals surface area contributed by atoms with Crippen LogP contribution in [-0.2, 0) is 9.53 Å². The molecule has 0 aliphatic carbocycles. The topological polar surface area (TPSA) is 86.5 Å². The number of ketones is 1. The monoisotopic (exact) mass is 405 g/mol. The molecule has 6 nitrogen and oxygen atoms in total. The molecule has 130 valence electrons. The van der Waals surface area contributed by atoms with Crippen LogP contribution in [0.25, 0.3) is 0 Å². The predicted molar refractivity (Wildman–Crippen MR) is 95.2 cm³/mol. The van der Waals surface area contributed by atoms with Crippen LogP contribution in [0.15, 0.2) is 60.7 Å². The van der Waals surface area contributed by atoms with Crippen LogP contribution in [0, 0.1) is 16.0 Å². The Kier molecular flexibility index (Phi) is 6.41. The Morgan fingerprint density at radius 2 is 1.56 bits per heavy atom. The van der Waals surface area contributed by atoms with Gasteiger partial charge in [0.05, 0.1) is 11.9 Å². The highest BCUT2D eigenvalue weighted by atomic mass is 79.9. The second-order valence-electron chi connectivity index (χ2n) is 5.32. The third-order valence-electron chi connectivity index (χ3n) is 3.81. The lowest BCUT2D eigenvalue weighted by molar-refractivity contribution is -0.536. The molecule has 3 atom stereocenters. The van der Waals surface area contributed by atoms with Crippen LogP contribution in [0.3, 0.4) is 0 Å². The largest absolute Gasteiger partial charge is 0.469 e. The zero-order chi connectivity index (χ0) is 18.4. The summed E-state index contributed by atoms with van der Waals surface area (Å²) >= 11 is 3.20. The second kappa shape index (κ2) is 8.53. The van der Waals surface area contributed by atoms with Crippen LogP contribution in [-0.4, -0.2) is 28.6 Å². The molecule has 0 aliphatic rings. The lowest BCUT2D eigenvalue weighted by Gasteiger charge is -2.23. The molecule has 2 aromatic carbocycles. The minimum Gasteiger partial charge on any atom is -0.469 e. The van der Waals surface area contributed by atoms with Crippen molar-refractivity contribution in [2.24, 2.45) is 5.92 Å². The van der Waals surface area contributed by atoms with Gasteiger partial charge in [0.2, 0.25) is 0 Å². The maximum Gasteiger partial charge on any atom is 0.317 e. The van der Waals surface area contributed by atoms with E-state index in [1.165, 1.54) is 0 Å². The van der Waals surface area contributed by atoms with Gasteiger partial charge in [0.1, 0.15) is 5.92 Å². The molecule has 2 aromatic rings. The third kappa shape index (κ3) is 4.30. The first-order valence-corrected chi connectivity index (χ1v) is 8.38. The Morgan fingerprint density at radius 3 is 2.04 bits per heavy atom. The molecule has 0 unspecified atom stereocenters. The summed E-state index contributed by atoms with van der Waals surface area (Å²) in [5.41, 5.74) is 0.682. The maximum atomic E-state index is 12.7. The van der Waals surface area contributed by atoms with E-state index in [0.29, 0.717) is 11.1 Å². The van der Waals surface area contributed by atoms with Crippen LogP contribution < -0.4 is 0 Å². The highest BCUT2D eigenvalue weighted by Crippen LogP contribution is 2.34. The van der Waals surface area contributed by atoms with Gasteiger partial charge in [0, 0.05) is 16.1 Å². The van der Waals surface area contributed by atoms with Crippen molar-refractivity contribution in [1.29, 1.82) is 0 Å². The van der Waals surface area contributed by atoms with Gasteiger partial charge in [-0.1, -0.05) is 76.6 Å². The van der Waals surface area contributed by atoms with Gasteiger partial charge in [-0.05, 0) is 0 Å². The van der Waals surface area contributed by atoms with Crippen LogP contribution in [0.1, 0.15) is 22.0 Å². The Bertz CT molecular complexity index is 751. The van der Waals surface area contributed by atoms with E-state index in [9.17, 15) is 19.7 Å². The average Bonchev–Trinajstić information content (AvgIpc) is 2.65. The molecular formula is C18H16BrNO5. The molecular weight excluding hydrogens is 390 g/mol. The molecule has 2 rings (SSSR count). The molecule has 0 aromatic heterocycles. The number of carbonyl (C=O) groups is 2. The molecule has 0 N–H and O–H groups in total. The van der Waals surface area contributed by atoms with Crippen LogP contribution >= 0.6 is 15.9 Å². The Morgan fingerprint density at radius 1 is 1.04 bits per heavy atom. The number of benzene rings is 2. The van der Waals surface area contributed by atoms with Gasteiger partial charge in [-0.25, -0.2) is 0 Å². The fourth-order valence-corrected chi connectivity index (χ4v) is 3.35. The van der Waals surface area contributed by atoms with E-state index < -0.39 is 33.5 Å². The quantitative estimate of drug-likeness (QED) is 0.231. The van der Waals surface area contributed by atoms with E-state index in [-0.39, 0.29) is 0 Å². The predicted octanol–water partition coefficient (Wildman–Crippen LogP) is 3.44. The number of Topliss-reactive ketones (excluding diaryl/α,β-unsaturated/α-hetero) is 1. The molecule has 7 heteroatoms. The normalized spacial score (nSPS) is 14.2. The Hall–Kier alpha value is -2.54. The summed E-state index contributed by atoms with van der Waals surface area (Å²) in [7, 11) is 1.14. The summed E-state index contributed by atoms with van der Waals surface area (Å²) in [6, 6.07) is 15.0. The van der Waals surface area contributed by atoms with Gasteiger partial charge in [0.25, 0.3) is 6.04 Å². The summed E-state index contributed by atoms with van der Waals surface area (Å²) in [6.07, 6.45) is 0. The fourth-order valence-electron chi connectivity index (χ4n) is 2.58. The highest BCUT2D eigenvalue weighted by Gasteiger charge is 2.46. The smallest absolute Gasteiger partial charge is 0.317 e. The van der Waals surface area contributed by atoms with Crippen molar-refractivity contribution < 1.29 is 19.2 Å². The number of rotatable bonds is 7. The van der Waals surface area contributed by atoms with Gasteiger partial charge in [-0.3, -0.25) is 19.7 Å². The van der Waals surface area contributed by atoms with Crippen molar-refractivity contribution in [3.63, 3.8) is 0 Å². The molecule has 0 saturated carbocycles. The molecule has 0 fully saturated rings. The van der Waals surface area contributed by atoms with Crippen LogP contribution in [0.2, 0.25) is 0 Å². The highest BCUT2D eigenvalue weighted by molar-refractivity contribution is 9.10. The van der Waals surface area contributed by atoms with E-state index in [4.69, 9.17) is 4.74 Å². The number of nitro groups is 1. The Labute approximate surface area is 153 Å². The molecule has 0 aliphatic heterocycles. The van der Waals surface area contributed by atoms with E-state index in [1.54, 1.807) is 60.7 Å². The minimum atomic E-state index is -1.41. The number of halogens is 1. The fraction of sp³-hybridized carbons (Fsp3) is 0.222. The number of carbonyl (C=O) groups excluding carboxylic acids is 2. The number of ether oxygens (including phenoxy) is 1. The molecule has 0 saturated heterocycles. The van der Waals surface area contributed by atoms with Crippen LogP contribution in [0.4, 0.5) is 0 Å². The van der Waals surface area contributed by atoms with Crippen molar-refractivity contribution in [1.82, 2.24) is 0 Å². The summed E-state index contributed by atoms with van der Waals surface area (Å²) in [5.74, 6) is -2.55. The molecule has 0 radical (unpaired) electrons. The zero-order valence-electron chi connectivity index (χ0n) is 13.4. The number of hydrogen-bond donors (Lipinski definition) is 0. The van der Waals surface area contributed by atoms with Gasteiger partial charge in [0.15, 0.2) is 5.78 Å². The number of hydrogen-bond acceptors (Lipinski definition) is 5. The van der Waals surface area contributed by atoms with Gasteiger partial charge < -0.3 is 4.74 Å². The molecule has 0 spiro atoms. The molecule has 0 heterocycles. The number of methoxy groups -OCH3 is 1. The van der Waals surface area contributed by atoms with Crippen molar-refractivity contribution in [2.45, 2.75) is 10.9 Å². The van der Waals surface area contributed by atoms with E-state index in [0.717, 1.165) is 7.11 Å². The standard InChI is InChI=1S/C18H16BrNO5/c1-25-18(22)14(15(19)17(21)13-10-6-3-7-11-13)16(20(23)24)12-8-4-2-5-9-12/h2-11,14-16H,1H3/t14-,15-,16-/m1/s1. The van der Waals surface area contributed by atoms with Crippen molar-refractivity contribution in [2.75, 3.05) is 7.11 Å². The van der Waals surface area contributed by atoms with Crippen LogP contribution in [0.5, 0.6) is 0 Å². The average molecular weight is 406 g/mol. The Balaban J connectivity index is 2.45. The second-order valence-corrected chi connectivity index (χ2v) is 6.31. The number of esters is 1. The minimum absolute atomic E-state index is 0.327. The van der Waals surface area contributed by atoms with Gasteiger partial charge in [-0.2, -0.15) is 0 Å². The molecule has 0 amide bonds. The lowest BCUT2D eigenvalue weighted by Crippen LogP contribution is -2.39. The van der Waals surface area contributed by atoms with Crippen molar-refractivity contribution in [3.05, 3.63) is 81.9 Å². The maximum absolute atomic E-state index is 12.7. The van der Waals surface area contributed by atoms with Crippen molar-refractivity contribution in [3.8, 4) is 0 Å². The SMILES string of the molecule is COC(=O)[C@@H]([C@@H](c1ccccc1)[N+](=O)[O-])[C@@H](Br)C(=O)c1ccccc1. The molecule has 25 heavy (non-hydrogen) atoms. The first kappa shape index (κ1) is 18.8. The van der Waals surface area contributed by atoms with Crippen molar-refractivity contribution >= 4 is 27.7 Å². The molecule has 0 bridgehead atoms. The van der Waals surface area contributed by atoms with E-state index in [1.807, 2.05) is 0 Å². The van der Waals surface area contributed by atoms with Gasteiger partial charge in [-0.15, -0.1) is 0 Å². The summed E-state index contributed by atoms with van der Waals surface area (Å²) in [4.78, 5) is 35.0.